The lowest BCUT2D eigenvalue weighted by Crippen LogP contribution is -2.55. The van der Waals surface area contributed by atoms with Crippen molar-refractivity contribution in [1.82, 2.24) is 10.6 Å². The van der Waals surface area contributed by atoms with E-state index in [0.717, 1.165) is 30.2 Å². The monoisotopic (exact) mass is 476 g/mol. The molecule has 0 aromatic heterocycles. The SMILES string of the molecule is CC(=O)N[C@@H](Cc1cc(F)cc(F)c1)[C@H](O)CNC1(c2cccc(OC(C)C)c2)CCCOC1. The lowest BCUT2D eigenvalue weighted by molar-refractivity contribution is -0.120. The summed E-state index contributed by atoms with van der Waals surface area (Å²) in [5.74, 6) is -0.990. The highest BCUT2D eigenvalue weighted by Gasteiger charge is 2.36. The van der Waals surface area contributed by atoms with Crippen molar-refractivity contribution in [2.24, 2.45) is 0 Å². The fourth-order valence-electron chi connectivity index (χ4n) is 4.37. The van der Waals surface area contributed by atoms with Crippen LogP contribution in [0.3, 0.4) is 0 Å². The lowest BCUT2D eigenvalue weighted by atomic mass is 9.84. The van der Waals surface area contributed by atoms with Gasteiger partial charge in [-0.3, -0.25) is 4.79 Å². The van der Waals surface area contributed by atoms with Gasteiger partial charge in [0.15, 0.2) is 0 Å². The first-order chi connectivity index (χ1) is 16.2. The first-order valence-electron chi connectivity index (χ1n) is 11.7. The molecule has 2 aromatic carbocycles. The summed E-state index contributed by atoms with van der Waals surface area (Å²) in [6.45, 7) is 6.50. The molecule has 1 fully saturated rings. The molecule has 2 aromatic rings. The molecule has 8 heteroatoms. The number of carbonyl (C=O) groups is 1. The van der Waals surface area contributed by atoms with Gasteiger partial charge in [0.2, 0.25) is 5.91 Å². The Balaban J connectivity index is 1.78. The van der Waals surface area contributed by atoms with Gasteiger partial charge in [-0.2, -0.15) is 0 Å². The van der Waals surface area contributed by atoms with E-state index in [4.69, 9.17) is 9.47 Å². The minimum Gasteiger partial charge on any atom is -0.491 e. The van der Waals surface area contributed by atoms with E-state index in [2.05, 4.69) is 10.6 Å². The van der Waals surface area contributed by atoms with Crippen LogP contribution < -0.4 is 15.4 Å². The van der Waals surface area contributed by atoms with Gasteiger partial charge in [0.25, 0.3) is 0 Å². The third-order valence-electron chi connectivity index (χ3n) is 5.88. The summed E-state index contributed by atoms with van der Waals surface area (Å²) in [5, 5.41) is 17.2. The van der Waals surface area contributed by atoms with Crippen molar-refractivity contribution in [3.05, 3.63) is 65.2 Å². The van der Waals surface area contributed by atoms with Crippen LogP contribution in [0.15, 0.2) is 42.5 Å². The molecule has 0 saturated carbocycles. The summed E-state index contributed by atoms with van der Waals surface area (Å²) >= 11 is 0. The van der Waals surface area contributed by atoms with Crippen LogP contribution in [0, 0.1) is 11.6 Å². The largest absolute Gasteiger partial charge is 0.491 e. The fraction of sp³-hybridized carbons (Fsp3) is 0.500. The third-order valence-corrected chi connectivity index (χ3v) is 5.88. The second-order valence-electron chi connectivity index (χ2n) is 9.17. The number of nitrogens with one attached hydrogen (secondary N) is 2. The highest BCUT2D eigenvalue weighted by Crippen LogP contribution is 2.33. The average Bonchev–Trinajstić information content (AvgIpc) is 2.76. The van der Waals surface area contributed by atoms with Gasteiger partial charge in [-0.1, -0.05) is 12.1 Å². The van der Waals surface area contributed by atoms with E-state index in [0.29, 0.717) is 18.8 Å². The Morgan fingerprint density at radius 1 is 1.21 bits per heavy atom. The number of rotatable bonds is 10. The molecule has 1 aliphatic rings. The number of aliphatic hydroxyl groups excluding tert-OH is 1. The molecule has 0 bridgehead atoms. The number of aliphatic hydroxyl groups is 1. The fourth-order valence-corrected chi connectivity index (χ4v) is 4.37. The van der Waals surface area contributed by atoms with Gasteiger partial charge in [0.1, 0.15) is 17.4 Å². The molecular weight excluding hydrogens is 442 g/mol. The average molecular weight is 477 g/mol. The molecule has 1 heterocycles. The second kappa shape index (κ2) is 11.7. The molecule has 186 valence electrons. The zero-order valence-electron chi connectivity index (χ0n) is 19.9. The van der Waals surface area contributed by atoms with Crippen LogP contribution in [-0.2, 0) is 21.5 Å². The lowest BCUT2D eigenvalue weighted by Gasteiger charge is -2.40. The molecule has 1 saturated heterocycles. The molecule has 1 amide bonds. The zero-order chi connectivity index (χ0) is 24.7. The van der Waals surface area contributed by atoms with E-state index in [9.17, 15) is 18.7 Å². The minimum atomic E-state index is -1.01. The standard InChI is InChI=1S/C26H34F2N2O4/c1-17(2)34-23-7-4-6-20(13-23)26(8-5-9-33-16-26)29-15-25(32)24(30-18(3)31)12-19-10-21(27)14-22(28)11-19/h4,6-7,10-11,13-14,17,24-25,29,32H,5,8-9,12,15-16H2,1-3H3,(H,30,31)/t24-,25+,26?/m0/s1. The predicted molar refractivity (Wildman–Crippen MR) is 126 cm³/mol. The number of hydrogen-bond donors (Lipinski definition) is 3. The summed E-state index contributed by atoms with van der Waals surface area (Å²) in [4.78, 5) is 11.8. The molecule has 0 radical (unpaired) electrons. The number of amides is 1. The molecule has 34 heavy (non-hydrogen) atoms. The molecular formula is C26H34F2N2O4. The van der Waals surface area contributed by atoms with Gasteiger partial charge in [0, 0.05) is 26.1 Å². The van der Waals surface area contributed by atoms with E-state index < -0.39 is 29.3 Å². The van der Waals surface area contributed by atoms with E-state index >= 15 is 0 Å². The van der Waals surface area contributed by atoms with E-state index in [-0.39, 0.29) is 25.0 Å². The predicted octanol–water partition coefficient (Wildman–Crippen LogP) is 3.46. The van der Waals surface area contributed by atoms with Crippen LogP contribution >= 0.6 is 0 Å². The third kappa shape index (κ3) is 7.22. The summed E-state index contributed by atoms with van der Waals surface area (Å²) in [6, 6.07) is 10.3. The number of benzene rings is 2. The minimum absolute atomic E-state index is 0.0367. The van der Waals surface area contributed by atoms with Crippen molar-refractivity contribution in [2.45, 2.75) is 63.8 Å². The van der Waals surface area contributed by atoms with Crippen LogP contribution in [0.4, 0.5) is 8.78 Å². The van der Waals surface area contributed by atoms with Crippen LogP contribution in [0.5, 0.6) is 5.75 Å². The Kier molecular flexibility index (Phi) is 8.99. The molecule has 0 aliphatic carbocycles. The topological polar surface area (TPSA) is 79.8 Å². The Morgan fingerprint density at radius 3 is 2.56 bits per heavy atom. The van der Waals surface area contributed by atoms with Gasteiger partial charge < -0.3 is 25.2 Å². The maximum Gasteiger partial charge on any atom is 0.217 e. The van der Waals surface area contributed by atoms with Gasteiger partial charge in [-0.15, -0.1) is 0 Å². The van der Waals surface area contributed by atoms with Gasteiger partial charge >= 0.3 is 0 Å². The second-order valence-corrected chi connectivity index (χ2v) is 9.17. The summed E-state index contributed by atoms with van der Waals surface area (Å²) in [7, 11) is 0. The quantitative estimate of drug-likeness (QED) is 0.490. The Morgan fingerprint density at radius 2 is 1.94 bits per heavy atom. The normalized spacial score (nSPS) is 20.1. The molecule has 6 nitrogen and oxygen atoms in total. The highest BCUT2D eigenvalue weighted by atomic mass is 19.1. The number of halogens is 2. The molecule has 1 aliphatic heterocycles. The summed E-state index contributed by atoms with van der Waals surface area (Å²) < 4.78 is 39.0. The zero-order valence-corrected chi connectivity index (χ0v) is 19.9. The molecule has 0 spiro atoms. The van der Waals surface area contributed by atoms with E-state index in [1.165, 1.54) is 19.1 Å². The van der Waals surface area contributed by atoms with E-state index in [1.54, 1.807) is 0 Å². The Labute approximate surface area is 199 Å². The van der Waals surface area contributed by atoms with Crippen molar-refractivity contribution in [3.8, 4) is 5.75 Å². The van der Waals surface area contributed by atoms with Crippen molar-refractivity contribution < 1.29 is 28.2 Å². The highest BCUT2D eigenvalue weighted by molar-refractivity contribution is 5.73. The van der Waals surface area contributed by atoms with Crippen LogP contribution in [-0.4, -0.2) is 49.0 Å². The summed E-state index contributed by atoms with van der Waals surface area (Å²) in [5.41, 5.74) is 0.798. The van der Waals surface area contributed by atoms with Gasteiger partial charge in [0.05, 0.1) is 30.4 Å². The Hall–Kier alpha value is -2.55. The summed E-state index contributed by atoms with van der Waals surface area (Å²) in [6.07, 6.45) is 0.748. The maximum atomic E-state index is 13.7. The van der Waals surface area contributed by atoms with Crippen LogP contribution in [0.2, 0.25) is 0 Å². The van der Waals surface area contributed by atoms with Crippen molar-refractivity contribution in [2.75, 3.05) is 19.8 Å². The number of hydrogen-bond acceptors (Lipinski definition) is 5. The number of carbonyl (C=O) groups excluding carboxylic acids is 1. The molecule has 3 rings (SSSR count). The molecule has 3 N–H and O–H groups in total. The number of ether oxygens (including phenoxy) is 2. The molecule has 3 atom stereocenters. The van der Waals surface area contributed by atoms with Crippen LogP contribution in [0.25, 0.3) is 0 Å². The smallest absolute Gasteiger partial charge is 0.217 e. The van der Waals surface area contributed by atoms with Gasteiger partial charge in [-0.25, -0.2) is 8.78 Å². The van der Waals surface area contributed by atoms with Crippen molar-refractivity contribution in [3.63, 3.8) is 0 Å². The first kappa shape index (κ1) is 26.1. The maximum absolute atomic E-state index is 13.7. The van der Waals surface area contributed by atoms with E-state index in [1.807, 2.05) is 38.1 Å². The van der Waals surface area contributed by atoms with Crippen molar-refractivity contribution >= 4 is 5.91 Å². The van der Waals surface area contributed by atoms with Crippen LogP contribution in [0.1, 0.15) is 44.7 Å². The van der Waals surface area contributed by atoms with Gasteiger partial charge in [-0.05, 0) is 68.5 Å². The van der Waals surface area contributed by atoms with Crippen molar-refractivity contribution in [1.29, 1.82) is 0 Å². The first-order valence-corrected chi connectivity index (χ1v) is 11.7. The molecule has 1 unspecified atom stereocenters. The Bertz CT molecular complexity index is 943.